The summed E-state index contributed by atoms with van der Waals surface area (Å²) >= 11 is 0. The summed E-state index contributed by atoms with van der Waals surface area (Å²) in [6.07, 6.45) is -16.3. The largest absolute Gasteiger partial charge is 0.394 e. The van der Waals surface area contributed by atoms with Gasteiger partial charge in [-0.25, -0.2) is 4.39 Å². The Bertz CT molecular complexity index is 349. The SMILES string of the molecule is OC[C@H]1O[C@H](O[C@H]2O[C@H](CF)[C@@H](O)[C@H](O)[C@H]2O)[C@H](O)[C@@H](O)[C@@H]1O. The van der Waals surface area contributed by atoms with Gasteiger partial charge in [0.25, 0.3) is 0 Å². The fraction of sp³-hybridized carbons (Fsp3) is 1.00. The van der Waals surface area contributed by atoms with Crippen LogP contribution in [0.1, 0.15) is 0 Å². The summed E-state index contributed by atoms with van der Waals surface area (Å²) in [6, 6.07) is 0. The predicted octanol–water partition coefficient (Wildman–Crippen LogP) is -4.42. The third-order valence-corrected chi connectivity index (χ3v) is 3.94. The molecule has 2 heterocycles. The average molecular weight is 344 g/mol. The van der Waals surface area contributed by atoms with Gasteiger partial charge >= 0.3 is 0 Å². The van der Waals surface area contributed by atoms with Crippen molar-refractivity contribution < 1.29 is 54.3 Å². The first-order chi connectivity index (χ1) is 10.8. The lowest BCUT2D eigenvalue weighted by atomic mass is 9.98. The molecule has 2 saturated heterocycles. The van der Waals surface area contributed by atoms with Crippen LogP contribution in [-0.4, -0.2) is 110 Å². The maximum Gasteiger partial charge on any atom is 0.189 e. The number of halogens is 1. The van der Waals surface area contributed by atoms with Crippen LogP contribution in [0.5, 0.6) is 0 Å². The van der Waals surface area contributed by atoms with Gasteiger partial charge in [-0.15, -0.1) is 0 Å². The summed E-state index contributed by atoms with van der Waals surface area (Å²) in [6.45, 7) is -1.85. The van der Waals surface area contributed by atoms with Gasteiger partial charge in [-0.1, -0.05) is 0 Å². The van der Waals surface area contributed by atoms with Crippen LogP contribution in [0.4, 0.5) is 4.39 Å². The summed E-state index contributed by atoms with van der Waals surface area (Å²) in [7, 11) is 0. The number of hydrogen-bond acceptors (Lipinski definition) is 10. The quantitative estimate of drug-likeness (QED) is 0.264. The third kappa shape index (κ3) is 3.64. The fourth-order valence-electron chi connectivity index (χ4n) is 2.47. The summed E-state index contributed by atoms with van der Waals surface area (Å²) in [5.74, 6) is 0. The first-order valence-corrected chi connectivity index (χ1v) is 7.03. The lowest BCUT2D eigenvalue weighted by Crippen LogP contribution is -2.63. The minimum atomic E-state index is -1.78. The Hall–Kier alpha value is -0.470. The van der Waals surface area contributed by atoms with E-state index in [1.807, 2.05) is 0 Å². The fourth-order valence-corrected chi connectivity index (χ4v) is 2.47. The topological polar surface area (TPSA) is 169 Å². The van der Waals surface area contributed by atoms with E-state index in [-0.39, 0.29) is 0 Å². The molecule has 7 N–H and O–H groups in total. The molecular weight excluding hydrogens is 323 g/mol. The minimum Gasteiger partial charge on any atom is -0.394 e. The van der Waals surface area contributed by atoms with Crippen molar-refractivity contribution in [2.75, 3.05) is 13.3 Å². The van der Waals surface area contributed by atoms with Crippen LogP contribution in [-0.2, 0) is 14.2 Å². The van der Waals surface area contributed by atoms with Crippen LogP contribution in [0.3, 0.4) is 0 Å². The molecule has 11 heteroatoms. The lowest BCUT2D eigenvalue weighted by Gasteiger charge is -2.44. The number of aliphatic hydroxyl groups is 7. The van der Waals surface area contributed by atoms with Crippen molar-refractivity contribution >= 4 is 0 Å². The van der Waals surface area contributed by atoms with Gasteiger partial charge in [0.1, 0.15) is 55.5 Å². The van der Waals surface area contributed by atoms with Crippen molar-refractivity contribution in [3.63, 3.8) is 0 Å². The molecular formula is C12H21FO10. The molecule has 0 bridgehead atoms. The molecule has 2 aliphatic rings. The molecule has 0 aliphatic carbocycles. The van der Waals surface area contributed by atoms with Crippen LogP contribution in [0.15, 0.2) is 0 Å². The maximum atomic E-state index is 12.8. The predicted molar refractivity (Wildman–Crippen MR) is 67.5 cm³/mol. The lowest BCUT2D eigenvalue weighted by molar-refractivity contribution is -0.375. The van der Waals surface area contributed by atoms with Gasteiger partial charge in [0, 0.05) is 0 Å². The van der Waals surface area contributed by atoms with Crippen molar-refractivity contribution in [1.29, 1.82) is 0 Å². The van der Waals surface area contributed by atoms with E-state index < -0.39 is 74.7 Å². The Kier molecular flexibility index (Phi) is 6.24. The maximum absolute atomic E-state index is 12.8. The van der Waals surface area contributed by atoms with Crippen molar-refractivity contribution in [2.45, 2.75) is 61.4 Å². The Morgan fingerprint density at radius 1 is 0.696 bits per heavy atom. The summed E-state index contributed by atoms with van der Waals surface area (Å²) < 4.78 is 27.9. The highest BCUT2D eigenvalue weighted by Crippen LogP contribution is 2.28. The molecule has 0 aromatic heterocycles. The second-order valence-electron chi connectivity index (χ2n) is 5.50. The van der Waals surface area contributed by atoms with Crippen molar-refractivity contribution in [2.24, 2.45) is 0 Å². The van der Waals surface area contributed by atoms with E-state index in [2.05, 4.69) is 0 Å². The summed E-state index contributed by atoms with van der Waals surface area (Å²) in [5.41, 5.74) is 0. The Labute approximate surface area is 130 Å². The highest BCUT2D eigenvalue weighted by Gasteiger charge is 2.49. The van der Waals surface area contributed by atoms with E-state index in [0.717, 1.165) is 0 Å². The molecule has 2 fully saturated rings. The van der Waals surface area contributed by atoms with Crippen LogP contribution in [0.2, 0.25) is 0 Å². The molecule has 2 aliphatic heterocycles. The standard InChI is InChI=1S/C12H21FO10/c13-1-3-5(15)7(17)9(19)11(21-3)23-12-10(20)8(18)6(16)4(2-14)22-12/h3-12,14-20H,1-2H2/t3-,4-,5-,6-,7+,8+,9-,10-,11-,12-/m1/s1. The Balaban J connectivity index is 2.07. The number of rotatable bonds is 4. The Morgan fingerprint density at radius 3 is 1.57 bits per heavy atom. The van der Waals surface area contributed by atoms with Crippen molar-refractivity contribution in [3.8, 4) is 0 Å². The number of ether oxygens (including phenoxy) is 3. The molecule has 0 radical (unpaired) electrons. The highest BCUT2D eigenvalue weighted by atomic mass is 19.1. The van der Waals surface area contributed by atoms with E-state index in [1.54, 1.807) is 0 Å². The average Bonchev–Trinajstić information content (AvgIpc) is 2.55. The van der Waals surface area contributed by atoms with Crippen LogP contribution >= 0.6 is 0 Å². The van der Waals surface area contributed by atoms with Gasteiger partial charge in [0.05, 0.1) is 6.61 Å². The summed E-state index contributed by atoms with van der Waals surface area (Å²) in [4.78, 5) is 0. The first kappa shape index (κ1) is 18.9. The third-order valence-electron chi connectivity index (χ3n) is 3.94. The van der Waals surface area contributed by atoms with E-state index in [9.17, 15) is 35.0 Å². The molecule has 0 saturated carbocycles. The van der Waals surface area contributed by atoms with Gasteiger partial charge in [-0.3, -0.25) is 0 Å². The van der Waals surface area contributed by atoms with E-state index in [1.165, 1.54) is 0 Å². The summed E-state index contributed by atoms with van der Waals surface area (Å²) in [5, 5.41) is 67.1. The zero-order chi connectivity index (χ0) is 17.3. The molecule has 0 amide bonds. The van der Waals surface area contributed by atoms with E-state index in [0.29, 0.717) is 0 Å². The number of alkyl halides is 1. The van der Waals surface area contributed by atoms with Gasteiger partial charge in [-0.05, 0) is 0 Å². The van der Waals surface area contributed by atoms with Crippen molar-refractivity contribution in [3.05, 3.63) is 0 Å². The van der Waals surface area contributed by atoms with Crippen LogP contribution < -0.4 is 0 Å². The van der Waals surface area contributed by atoms with Gasteiger partial charge < -0.3 is 50.0 Å². The number of aliphatic hydroxyl groups excluding tert-OH is 7. The minimum absolute atomic E-state index is 0.687. The molecule has 23 heavy (non-hydrogen) atoms. The molecule has 0 spiro atoms. The highest BCUT2D eigenvalue weighted by molar-refractivity contribution is 4.92. The molecule has 2 rings (SSSR count). The molecule has 0 unspecified atom stereocenters. The monoisotopic (exact) mass is 344 g/mol. The second-order valence-corrected chi connectivity index (χ2v) is 5.50. The van der Waals surface area contributed by atoms with Crippen molar-refractivity contribution in [1.82, 2.24) is 0 Å². The zero-order valence-electron chi connectivity index (χ0n) is 11.9. The van der Waals surface area contributed by atoms with Crippen LogP contribution in [0.25, 0.3) is 0 Å². The molecule has 10 atom stereocenters. The number of hydrogen-bond donors (Lipinski definition) is 7. The zero-order valence-corrected chi connectivity index (χ0v) is 11.9. The molecule has 10 nitrogen and oxygen atoms in total. The molecule has 0 aromatic carbocycles. The van der Waals surface area contributed by atoms with Gasteiger partial charge in [0.2, 0.25) is 0 Å². The molecule has 136 valence electrons. The van der Waals surface area contributed by atoms with Gasteiger partial charge in [-0.2, -0.15) is 0 Å². The van der Waals surface area contributed by atoms with E-state index in [4.69, 9.17) is 19.3 Å². The molecule has 0 aromatic rings. The second kappa shape index (κ2) is 7.61. The van der Waals surface area contributed by atoms with E-state index >= 15 is 0 Å². The Morgan fingerprint density at radius 2 is 1.13 bits per heavy atom. The van der Waals surface area contributed by atoms with Crippen LogP contribution in [0, 0.1) is 0 Å². The normalized spacial score (nSPS) is 51.7. The van der Waals surface area contributed by atoms with Gasteiger partial charge in [0.15, 0.2) is 12.6 Å². The first-order valence-electron chi connectivity index (χ1n) is 7.03. The smallest absolute Gasteiger partial charge is 0.189 e.